The first-order chi connectivity index (χ1) is 7.58. The summed E-state index contributed by atoms with van der Waals surface area (Å²) in [6.07, 6.45) is 0. The van der Waals surface area contributed by atoms with Gasteiger partial charge in [-0.2, -0.15) is 13.2 Å². The summed E-state index contributed by atoms with van der Waals surface area (Å²) in [5, 5.41) is 8.85. The summed E-state index contributed by atoms with van der Waals surface area (Å²) in [6.45, 7) is 0. The Hall–Kier alpha value is -1.37. The molecule has 0 fully saturated rings. The zero-order valence-corrected chi connectivity index (χ0v) is 9.42. The molecule has 17 heavy (non-hydrogen) atoms. The van der Waals surface area contributed by atoms with Gasteiger partial charge in [0.1, 0.15) is 0 Å². The lowest BCUT2D eigenvalue weighted by Gasteiger charge is -2.08. The van der Waals surface area contributed by atoms with Crippen LogP contribution in [0.1, 0.15) is 0 Å². The van der Waals surface area contributed by atoms with Crippen molar-refractivity contribution in [2.24, 2.45) is 0 Å². The van der Waals surface area contributed by atoms with E-state index in [9.17, 15) is 13.2 Å². The summed E-state index contributed by atoms with van der Waals surface area (Å²) in [5.74, 6) is 0. The van der Waals surface area contributed by atoms with Crippen molar-refractivity contribution in [1.82, 2.24) is 0 Å². The molecule has 0 N–H and O–H groups in total. The van der Waals surface area contributed by atoms with E-state index in [1.165, 1.54) is 0 Å². The fourth-order valence-electron chi connectivity index (χ4n) is 0.508. The quantitative estimate of drug-likeness (QED) is 0.417. The Morgan fingerprint density at radius 3 is 1.82 bits per heavy atom. The SMILES string of the molecule is N#[N+]c1ccc(Cl)cc1.O=S(=O)([O-])C(F)(F)F. The third-order valence-electron chi connectivity index (χ3n) is 1.23. The van der Waals surface area contributed by atoms with Crippen molar-refractivity contribution in [2.75, 3.05) is 0 Å². The fourth-order valence-corrected chi connectivity index (χ4v) is 0.634. The van der Waals surface area contributed by atoms with Crippen molar-refractivity contribution in [3.63, 3.8) is 0 Å². The van der Waals surface area contributed by atoms with Gasteiger partial charge in [0, 0.05) is 17.2 Å². The Kier molecular flexibility index (Phi) is 5.34. The van der Waals surface area contributed by atoms with Gasteiger partial charge in [0.25, 0.3) is 0 Å². The highest BCUT2D eigenvalue weighted by Crippen LogP contribution is 2.20. The van der Waals surface area contributed by atoms with Gasteiger partial charge in [-0.1, -0.05) is 11.6 Å². The summed E-state index contributed by atoms with van der Waals surface area (Å²) in [4.78, 5) is 2.95. The smallest absolute Gasteiger partial charge is 0.485 e. The summed E-state index contributed by atoms with van der Waals surface area (Å²) in [5.41, 5.74) is -5.13. The second kappa shape index (κ2) is 5.81. The predicted octanol–water partition coefficient (Wildman–Crippen LogP) is 2.88. The van der Waals surface area contributed by atoms with E-state index >= 15 is 0 Å². The van der Waals surface area contributed by atoms with Crippen LogP contribution in [0, 0.1) is 5.39 Å². The maximum atomic E-state index is 10.7. The number of halogens is 4. The molecule has 1 aromatic carbocycles. The summed E-state index contributed by atoms with van der Waals surface area (Å²) in [7, 11) is -6.09. The molecule has 0 amide bonds. The second-order valence-electron chi connectivity index (χ2n) is 2.48. The van der Waals surface area contributed by atoms with Crippen molar-refractivity contribution in [3.8, 4) is 0 Å². The van der Waals surface area contributed by atoms with Crippen LogP contribution < -0.4 is 0 Å². The number of nitrogens with zero attached hydrogens (tertiary/aromatic N) is 2. The molecule has 0 aliphatic rings. The standard InChI is InChI=1S/C6H4ClN2.CHF3O3S/c7-5-1-3-6(9-8)4-2-5;2-1(3,4)8(5,6)7/h1-4H;(H,5,6,7)/q+1;/p-1. The number of rotatable bonds is 0. The lowest BCUT2D eigenvalue weighted by Crippen LogP contribution is -2.21. The first kappa shape index (κ1) is 15.6. The van der Waals surface area contributed by atoms with Crippen molar-refractivity contribution < 1.29 is 26.1 Å². The van der Waals surface area contributed by atoms with E-state index in [1.807, 2.05) is 0 Å². The molecule has 0 saturated heterocycles. The van der Waals surface area contributed by atoms with Gasteiger partial charge < -0.3 is 4.55 Å². The molecule has 0 aliphatic carbocycles. The van der Waals surface area contributed by atoms with Crippen LogP contribution in [0.2, 0.25) is 5.02 Å². The van der Waals surface area contributed by atoms with Crippen LogP contribution in [0.3, 0.4) is 0 Å². The van der Waals surface area contributed by atoms with Crippen LogP contribution >= 0.6 is 11.6 Å². The summed E-state index contributed by atoms with van der Waals surface area (Å²) >= 11 is 5.55. The van der Waals surface area contributed by atoms with Crippen LogP contribution in [-0.4, -0.2) is 18.5 Å². The van der Waals surface area contributed by atoms with Gasteiger partial charge in [-0.25, -0.2) is 8.42 Å². The van der Waals surface area contributed by atoms with Gasteiger partial charge in [-0.15, -0.1) is 0 Å². The number of hydrogen-bond acceptors (Lipinski definition) is 4. The van der Waals surface area contributed by atoms with Gasteiger partial charge >= 0.3 is 11.2 Å². The molecule has 0 aliphatic heterocycles. The number of alkyl halides is 3. The van der Waals surface area contributed by atoms with Crippen LogP contribution in [0.4, 0.5) is 18.9 Å². The Balaban J connectivity index is 0.000000304. The molecule has 0 atom stereocenters. The van der Waals surface area contributed by atoms with Gasteiger partial charge in [-0.3, -0.25) is 0 Å². The zero-order chi connectivity index (χ0) is 13.7. The molecular weight excluding hydrogens is 285 g/mol. The molecule has 0 aromatic heterocycles. The van der Waals surface area contributed by atoms with Gasteiger partial charge in [-0.05, 0) is 12.1 Å². The molecule has 94 valence electrons. The Morgan fingerprint density at radius 2 is 1.59 bits per heavy atom. The third-order valence-corrected chi connectivity index (χ3v) is 2.04. The van der Waals surface area contributed by atoms with Gasteiger partial charge in [0.15, 0.2) is 15.1 Å². The number of benzene rings is 1. The maximum Gasteiger partial charge on any atom is 0.485 e. The van der Waals surface area contributed by atoms with Crippen molar-refractivity contribution in [3.05, 3.63) is 34.3 Å². The van der Waals surface area contributed by atoms with Crippen molar-refractivity contribution >= 4 is 27.4 Å². The first-order valence-electron chi connectivity index (χ1n) is 3.71. The van der Waals surface area contributed by atoms with E-state index in [4.69, 9.17) is 30.0 Å². The minimum Gasteiger partial charge on any atom is -0.741 e. The lowest BCUT2D eigenvalue weighted by atomic mass is 10.3. The Morgan fingerprint density at radius 1 is 1.24 bits per heavy atom. The fraction of sp³-hybridized carbons (Fsp3) is 0.143. The second-order valence-corrected chi connectivity index (χ2v) is 4.28. The van der Waals surface area contributed by atoms with Crippen molar-refractivity contribution in [1.29, 1.82) is 5.39 Å². The van der Waals surface area contributed by atoms with Crippen LogP contribution in [0.5, 0.6) is 0 Å². The maximum absolute atomic E-state index is 10.7. The lowest BCUT2D eigenvalue weighted by molar-refractivity contribution is -0.0517. The Bertz CT molecular complexity index is 507. The Labute approximate surface area is 99.2 Å². The molecule has 0 heterocycles. The highest BCUT2D eigenvalue weighted by Gasteiger charge is 2.36. The molecular formula is C7H4ClF3N2O3S. The molecule has 10 heteroatoms. The van der Waals surface area contributed by atoms with E-state index in [-0.39, 0.29) is 0 Å². The molecule has 0 spiro atoms. The minimum absolute atomic E-state index is 0.513. The number of hydrogen-bond donors (Lipinski definition) is 0. The minimum atomic E-state index is -6.09. The van der Waals surface area contributed by atoms with Gasteiger partial charge in [0.05, 0.1) is 0 Å². The average molecular weight is 289 g/mol. The van der Waals surface area contributed by atoms with Crippen molar-refractivity contribution in [2.45, 2.75) is 5.51 Å². The highest BCUT2D eigenvalue weighted by molar-refractivity contribution is 7.86. The molecule has 0 radical (unpaired) electrons. The van der Waals surface area contributed by atoms with Crippen LogP contribution in [0.15, 0.2) is 24.3 Å². The topological polar surface area (TPSA) is 85.3 Å². The zero-order valence-electron chi connectivity index (χ0n) is 7.85. The van der Waals surface area contributed by atoms with E-state index in [1.54, 1.807) is 24.3 Å². The van der Waals surface area contributed by atoms with Crippen LogP contribution in [-0.2, 0) is 10.1 Å². The first-order valence-corrected chi connectivity index (χ1v) is 5.49. The monoisotopic (exact) mass is 288 g/mol. The molecule has 0 unspecified atom stereocenters. The van der Waals surface area contributed by atoms with E-state index in [0.717, 1.165) is 0 Å². The molecule has 0 bridgehead atoms. The average Bonchev–Trinajstić information content (AvgIpc) is 2.17. The van der Waals surface area contributed by atoms with E-state index in [0.29, 0.717) is 10.7 Å². The molecule has 5 nitrogen and oxygen atoms in total. The number of diazo groups is 1. The summed E-state index contributed by atoms with van der Waals surface area (Å²) in [6, 6.07) is 6.58. The third kappa shape index (κ3) is 6.06. The molecule has 0 saturated carbocycles. The van der Waals surface area contributed by atoms with E-state index in [2.05, 4.69) is 4.98 Å². The van der Waals surface area contributed by atoms with Gasteiger partial charge in [0.2, 0.25) is 5.39 Å². The van der Waals surface area contributed by atoms with E-state index < -0.39 is 15.6 Å². The predicted molar refractivity (Wildman–Crippen MR) is 51.9 cm³/mol. The highest BCUT2D eigenvalue weighted by atomic mass is 35.5. The van der Waals surface area contributed by atoms with Crippen LogP contribution in [0.25, 0.3) is 4.98 Å². The molecule has 1 aromatic rings. The summed E-state index contributed by atoms with van der Waals surface area (Å²) < 4.78 is 58.9. The molecule has 1 rings (SSSR count). The largest absolute Gasteiger partial charge is 0.741 e. The normalized spacial score (nSPS) is 11.1.